The lowest BCUT2D eigenvalue weighted by atomic mass is 10.0. The fourth-order valence-corrected chi connectivity index (χ4v) is 1.69. The number of pyridine rings is 1. The van der Waals surface area contributed by atoms with Crippen molar-refractivity contribution in [3.05, 3.63) is 41.6 Å². The average molecular weight is 241 g/mol. The summed E-state index contributed by atoms with van der Waals surface area (Å²) in [5, 5.41) is 10.1. The average Bonchev–Trinajstić information content (AvgIpc) is 2.26. The van der Waals surface area contributed by atoms with E-state index in [0.29, 0.717) is 5.39 Å². The Morgan fingerprint density at radius 3 is 2.47 bits per heavy atom. The number of aromatic nitrogens is 1. The molecular formula is C12H10F3NO. The first-order valence-corrected chi connectivity index (χ1v) is 5.04. The Labute approximate surface area is 95.7 Å². The van der Waals surface area contributed by atoms with Gasteiger partial charge in [-0.2, -0.15) is 13.2 Å². The second-order valence-electron chi connectivity index (χ2n) is 3.79. The van der Waals surface area contributed by atoms with Gasteiger partial charge in [-0.3, -0.25) is 0 Å². The number of aliphatic hydroxyl groups excluding tert-OH is 1. The van der Waals surface area contributed by atoms with Crippen molar-refractivity contribution >= 4 is 10.9 Å². The van der Waals surface area contributed by atoms with Crippen LogP contribution in [0.25, 0.3) is 10.9 Å². The molecule has 1 aromatic heterocycles. The summed E-state index contributed by atoms with van der Waals surface area (Å²) < 4.78 is 37.8. The van der Waals surface area contributed by atoms with Gasteiger partial charge in [-0.15, -0.1) is 0 Å². The lowest BCUT2D eigenvalue weighted by Crippen LogP contribution is -2.10. The van der Waals surface area contributed by atoms with Crippen LogP contribution in [0.5, 0.6) is 0 Å². The summed E-state index contributed by atoms with van der Waals surface area (Å²) in [5.41, 5.74) is -0.506. The summed E-state index contributed by atoms with van der Waals surface area (Å²) >= 11 is 0. The number of benzene rings is 1. The molecule has 0 aliphatic carbocycles. The molecule has 1 atom stereocenters. The van der Waals surface area contributed by atoms with Gasteiger partial charge in [0.1, 0.15) is 5.69 Å². The van der Waals surface area contributed by atoms with Gasteiger partial charge >= 0.3 is 6.18 Å². The third-order valence-corrected chi connectivity index (χ3v) is 2.49. The Hall–Kier alpha value is -1.62. The van der Waals surface area contributed by atoms with Gasteiger partial charge in [-0.05, 0) is 24.6 Å². The van der Waals surface area contributed by atoms with Gasteiger partial charge in [-0.25, -0.2) is 4.98 Å². The molecule has 1 N–H and O–H groups in total. The second-order valence-corrected chi connectivity index (χ2v) is 3.79. The van der Waals surface area contributed by atoms with Crippen LogP contribution in [-0.2, 0) is 6.18 Å². The number of alkyl halides is 3. The predicted molar refractivity (Wildman–Crippen MR) is 57.4 cm³/mol. The smallest absolute Gasteiger partial charge is 0.389 e. The van der Waals surface area contributed by atoms with Crippen molar-refractivity contribution in [2.24, 2.45) is 0 Å². The fraction of sp³-hybridized carbons (Fsp3) is 0.250. The minimum absolute atomic E-state index is 0.234. The number of rotatable bonds is 1. The van der Waals surface area contributed by atoms with Crippen LogP contribution in [0.15, 0.2) is 30.3 Å². The molecule has 0 aliphatic rings. The van der Waals surface area contributed by atoms with Crippen molar-refractivity contribution in [3.8, 4) is 0 Å². The first-order chi connectivity index (χ1) is 7.89. The zero-order chi connectivity index (χ0) is 12.6. The van der Waals surface area contributed by atoms with Gasteiger partial charge in [0.2, 0.25) is 0 Å². The third-order valence-electron chi connectivity index (χ3n) is 2.49. The fourth-order valence-electron chi connectivity index (χ4n) is 1.69. The van der Waals surface area contributed by atoms with Crippen molar-refractivity contribution in [2.75, 3.05) is 0 Å². The molecule has 1 aromatic carbocycles. The van der Waals surface area contributed by atoms with Crippen LogP contribution in [0.2, 0.25) is 0 Å². The largest absolute Gasteiger partial charge is 0.433 e. The SMILES string of the molecule is CC(O)c1cc(C(F)(F)F)nc2ccccc12. The minimum atomic E-state index is -4.51. The third kappa shape index (κ3) is 2.24. The van der Waals surface area contributed by atoms with Crippen LogP contribution in [0.4, 0.5) is 13.2 Å². The van der Waals surface area contributed by atoms with Gasteiger partial charge in [-0.1, -0.05) is 18.2 Å². The molecule has 0 amide bonds. The van der Waals surface area contributed by atoms with E-state index in [1.165, 1.54) is 13.0 Å². The summed E-state index contributed by atoms with van der Waals surface area (Å²) in [5.74, 6) is 0. The minimum Gasteiger partial charge on any atom is -0.389 e. The highest BCUT2D eigenvalue weighted by molar-refractivity contribution is 5.82. The first-order valence-electron chi connectivity index (χ1n) is 5.04. The van der Waals surface area contributed by atoms with E-state index < -0.39 is 18.0 Å². The zero-order valence-electron chi connectivity index (χ0n) is 8.99. The Balaban J connectivity index is 2.76. The topological polar surface area (TPSA) is 33.1 Å². The Morgan fingerprint density at radius 2 is 1.88 bits per heavy atom. The molecule has 0 fully saturated rings. The van der Waals surface area contributed by atoms with Gasteiger partial charge in [0.25, 0.3) is 0 Å². The molecule has 2 rings (SSSR count). The van der Waals surface area contributed by atoms with Crippen LogP contribution in [0.3, 0.4) is 0 Å². The molecule has 90 valence electrons. The quantitative estimate of drug-likeness (QED) is 0.830. The normalized spacial score (nSPS) is 13.9. The molecule has 1 heterocycles. The zero-order valence-corrected chi connectivity index (χ0v) is 8.99. The van der Waals surface area contributed by atoms with Crippen LogP contribution >= 0.6 is 0 Å². The van der Waals surface area contributed by atoms with E-state index in [0.717, 1.165) is 6.07 Å². The van der Waals surface area contributed by atoms with E-state index in [1.54, 1.807) is 18.2 Å². The monoisotopic (exact) mass is 241 g/mol. The molecule has 2 aromatic rings. The Bertz CT molecular complexity index is 549. The van der Waals surface area contributed by atoms with Crippen LogP contribution in [-0.4, -0.2) is 10.1 Å². The van der Waals surface area contributed by atoms with Gasteiger partial charge in [0.15, 0.2) is 0 Å². The summed E-state index contributed by atoms with van der Waals surface area (Å²) in [6.45, 7) is 1.43. The molecule has 0 saturated heterocycles. The summed E-state index contributed by atoms with van der Waals surface area (Å²) in [6.07, 6.45) is -5.47. The van der Waals surface area contributed by atoms with Gasteiger partial charge in [0, 0.05) is 5.39 Å². The molecule has 0 saturated carbocycles. The van der Waals surface area contributed by atoms with E-state index >= 15 is 0 Å². The van der Waals surface area contributed by atoms with E-state index in [4.69, 9.17) is 0 Å². The van der Waals surface area contributed by atoms with Crippen molar-refractivity contribution < 1.29 is 18.3 Å². The summed E-state index contributed by atoms with van der Waals surface area (Å²) in [4.78, 5) is 3.55. The van der Waals surface area contributed by atoms with E-state index in [2.05, 4.69) is 4.98 Å². The van der Waals surface area contributed by atoms with Gasteiger partial charge in [0.05, 0.1) is 11.6 Å². The number of hydrogen-bond donors (Lipinski definition) is 1. The molecule has 17 heavy (non-hydrogen) atoms. The molecule has 0 aliphatic heterocycles. The number of nitrogens with zero attached hydrogens (tertiary/aromatic N) is 1. The molecule has 0 spiro atoms. The molecule has 0 bridgehead atoms. The predicted octanol–water partition coefficient (Wildman–Crippen LogP) is 3.31. The lowest BCUT2D eigenvalue weighted by molar-refractivity contribution is -0.141. The molecule has 2 nitrogen and oxygen atoms in total. The van der Waals surface area contributed by atoms with Gasteiger partial charge < -0.3 is 5.11 Å². The number of para-hydroxylation sites is 1. The standard InChI is InChI=1S/C12H10F3NO/c1-7(17)9-6-11(12(13,14)15)16-10-5-3-2-4-8(9)10/h2-7,17H,1H3. The van der Waals surface area contributed by atoms with Crippen LogP contribution < -0.4 is 0 Å². The van der Waals surface area contributed by atoms with Crippen LogP contribution in [0, 0.1) is 0 Å². The molecule has 5 heteroatoms. The maximum absolute atomic E-state index is 12.6. The van der Waals surface area contributed by atoms with E-state index in [1.807, 2.05) is 0 Å². The summed E-state index contributed by atoms with van der Waals surface area (Å²) in [6, 6.07) is 7.35. The van der Waals surface area contributed by atoms with E-state index in [9.17, 15) is 18.3 Å². The van der Waals surface area contributed by atoms with Crippen molar-refractivity contribution in [3.63, 3.8) is 0 Å². The highest BCUT2D eigenvalue weighted by Crippen LogP contribution is 2.32. The number of hydrogen-bond acceptors (Lipinski definition) is 2. The number of fused-ring (bicyclic) bond motifs is 1. The maximum Gasteiger partial charge on any atom is 0.433 e. The van der Waals surface area contributed by atoms with Crippen LogP contribution in [0.1, 0.15) is 24.3 Å². The highest BCUT2D eigenvalue weighted by atomic mass is 19.4. The van der Waals surface area contributed by atoms with Crippen molar-refractivity contribution in [1.82, 2.24) is 4.98 Å². The number of halogens is 3. The first kappa shape index (κ1) is 11.9. The maximum atomic E-state index is 12.6. The highest BCUT2D eigenvalue weighted by Gasteiger charge is 2.33. The lowest BCUT2D eigenvalue weighted by Gasteiger charge is -2.13. The molecule has 0 radical (unpaired) electrons. The second kappa shape index (κ2) is 4.00. The Morgan fingerprint density at radius 1 is 1.24 bits per heavy atom. The van der Waals surface area contributed by atoms with Crippen molar-refractivity contribution in [1.29, 1.82) is 0 Å². The molecule has 1 unspecified atom stereocenters. The molecular weight excluding hydrogens is 231 g/mol. The number of aliphatic hydroxyl groups is 1. The summed E-state index contributed by atoms with van der Waals surface area (Å²) in [7, 11) is 0. The van der Waals surface area contributed by atoms with Crippen molar-refractivity contribution in [2.45, 2.75) is 19.2 Å². The van der Waals surface area contributed by atoms with E-state index in [-0.39, 0.29) is 11.1 Å². The Kier molecular flexibility index (Phi) is 2.79.